The number of benzene rings is 2. The van der Waals surface area contributed by atoms with Gasteiger partial charge in [-0.25, -0.2) is 4.79 Å². The van der Waals surface area contributed by atoms with Gasteiger partial charge in [0.2, 0.25) is 6.79 Å². The molecule has 2 N–H and O–H groups in total. The maximum Gasteiger partial charge on any atom is 0.315 e. The van der Waals surface area contributed by atoms with Crippen molar-refractivity contribution in [2.45, 2.75) is 17.9 Å². The van der Waals surface area contributed by atoms with Gasteiger partial charge < -0.3 is 20.1 Å². The molecule has 1 heterocycles. The van der Waals surface area contributed by atoms with Crippen LogP contribution in [0.5, 0.6) is 11.5 Å². The molecule has 0 atom stereocenters. The molecule has 0 fully saturated rings. The molecule has 5 nitrogen and oxygen atoms in total. The number of amides is 2. The number of ether oxygens (including phenoxy) is 2. The second kappa shape index (κ2) is 8.49. The topological polar surface area (TPSA) is 59.6 Å². The molecule has 0 aromatic heterocycles. The number of hydrogen-bond acceptors (Lipinski definition) is 4. The van der Waals surface area contributed by atoms with Crippen molar-refractivity contribution >= 4 is 17.8 Å². The summed E-state index contributed by atoms with van der Waals surface area (Å²) in [6.07, 6.45) is 0.928. The first kappa shape index (κ1) is 16.5. The van der Waals surface area contributed by atoms with Crippen LogP contribution in [0.3, 0.4) is 0 Å². The van der Waals surface area contributed by atoms with Crippen molar-refractivity contribution in [2.24, 2.45) is 0 Å². The Hall–Kier alpha value is -2.34. The number of nitrogens with one attached hydrogen (secondary N) is 2. The fraction of sp³-hybridized carbons (Fsp3) is 0.278. The van der Waals surface area contributed by atoms with Gasteiger partial charge in [0.25, 0.3) is 0 Å². The second-order valence-corrected chi connectivity index (χ2v) is 6.48. The summed E-state index contributed by atoms with van der Waals surface area (Å²) in [4.78, 5) is 13.1. The molecule has 1 aliphatic heterocycles. The monoisotopic (exact) mass is 344 g/mol. The number of rotatable bonds is 7. The van der Waals surface area contributed by atoms with Gasteiger partial charge in [-0.3, -0.25) is 0 Å². The van der Waals surface area contributed by atoms with E-state index < -0.39 is 0 Å². The van der Waals surface area contributed by atoms with Crippen LogP contribution in [0.2, 0.25) is 0 Å². The quantitative estimate of drug-likeness (QED) is 0.597. The van der Waals surface area contributed by atoms with Crippen LogP contribution in [0.15, 0.2) is 53.4 Å². The smallest absolute Gasteiger partial charge is 0.315 e. The summed E-state index contributed by atoms with van der Waals surface area (Å²) in [6, 6.07) is 15.8. The third kappa shape index (κ3) is 4.83. The molecule has 126 valence electrons. The molecule has 2 aromatic carbocycles. The molecule has 3 rings (SSSR count). The van der Waals surface area contributed by atoms with E-state index in [1.807, 2.05) is 36.4 Å². The zero-order chi connectivity index (χ0) is 16.6. The van der Waals surface area contributed by atoms with Crippen LogP contribution in [-0.2, 0) is 6.54 Å². The number of thioether (sulfide) groups is 1. The summed E-state index contributed by atoms with van der Waals surface area (Å²) in [5, 5.41) is 5.72. The predicted octanol–water partition coefficient (Wildman–Crippen LogP) is 3.40. The SMILES string of the molecule is O=C(NCCCSc1ccccc1)NCc1ccc2c(c1)OCO2. The molecule has 6 heteroatoms. The fourth-order valence-electron chi connectivity index (χ4n) is 2.28. The van der Waals surface area contributed by atoms with E-state index in [1.54, 1.807) is 11.8 Å². The van der Waals surface area contributed by atoms with Gasteiger partial charge in [-0.1, -0.05) is 24.3 Å². The molecule has 0 saturated heterocycles. The minimum atomic E-state index is -0.155. The molecule has 1 aliphatic rings. The summed E-state index contributed by atoms with van der Waals surface area (Å²) in [5.74, 6) is 2.46. The van der Waals surface area contributed by atoms with Crippen molar-refractivity contribution in [2.75, 3.05) is 19.1 Å². The Morgan fingerprint density at radius 3 is 2.75 bits per heavy atom. The number of carbonyl (C=O) groups excluding carboxylic acids is 1. The maximum absolute atomic E-state index is 11.8. The highest BCUT2D eigenvalue weighted by atomic mass is 32.2. The second-order valence-electron chi connectivity index (χ2n) is 5.31. The Balaban J connectivity index is 1.30. The highest BCUT2D eigenvalue weighted by molar-refractivity contribution is 7.99. The van der Waals surface area contributed by atoms with Crippen LogP contribution in [0.4, 0.5) is 4.79 Å². The lowest BCUT2D eigenvalue weighted by atomic mass is 10.2. The summed E-state index contributed by atoms with van der Waals surface area (Å²) < 4.78 is 10.6. The number of urea groups is 1. The lowest BCUT2D eigenvalue weighted by molar-refractivity contribution is 0.174. The Labute approximate surface area is 145 Å². The van der Waals surface area contributed by atoms with Gasteiger partial charge in [-0.15, -0.1) is 11.8 Å². The van der Waals surface area contributed by atoms with Gasteiger partial charge in [0.05, 0.1) is 0 Å². The Morgan fingerprint density at radius 2 is 1.88 bits per heavy atom. The largest absolute Gasteiger partial charge is 0.454 e. The van der Waals surface area contributed by atoms with E-state index in [0.29, 0.717) is 13.1 Å². The molecule has 24 heavy (non-hydrogen) atoms. The van der Waals surface area contributed by atoms with Crippen LogP contribution in [0.1, 0.15) is 12.0 Å². The predicted molar refractivity (Wildman–Crippen MR) is 94.6 cm³/mol. The summed E-state index contributed by atoms with van der Waals surface area (Å²) in [7, 11) is 0. The zero-order valence-electron chi connectivity index (χ0n) is 13.3. The first-order valence-electron chi connectivity index (χ1n) is 7.89. The van der Waals surface area contributed by atoms with Crippen LogP contribution >= 0.6 is 11.8 Å². The molecule has 2 aromatic rings. The van der Waals surface area contributed by atoms with E-state index in [9.17, 15) is 4.79 Å². The van der Waals surface area contributed by atoms with E-state index >= 15 is 0 Å². The minimum Gasteiger partial charge on any atom is -0.454 e. The van der Waals surface area contributed by atoms with Crippen LogP contribution in [-0.4, -0.2) is 25.1 Å². The van der Waals surface area contributed by atoms with Crippen molar-refractivity contribution in [1.29, 1.82) is 0 Å². The van der Waals surface area contributed by atoms with Crippen LogP contribution in [0.25, 0.3) is 0 Å². The molecular formula is C18H20N2O3S. The van der Waals surface area contributed by atoms with Crippen LogP contribution in [0, 0.1) is 0 Å². The molecule has 0 unspecified atom stereocenters. The maximum atomic E-state index is 11.8. The molecule has 2 amide bonds. The summed E-state index contributed by atoms with van der Waals surface area (Å²) >= 11 is 1.80. The highest BCUT2D eigenvalue weighted by Crippen LogP contribution is 2.32. The van der Waals surface area contributed by atoms with Crippen molar-refractivity contribution in [1.82, 2.24) is 10.6 Å². The lowest BCUT2D eigenvalue weighted by Gasteiger charge is -2.08. The average molecular weight is 344 g/mol. The van der Waals surface area contributed by atoms with E-state index in [0.717, 1.165) is 29.2 Å². The Bertz CT molecular complexity index is 679. The highest BCUT2D eigenvalue weighted by Gasteiger charge is 2.13. The molecule has 0 saturated carbocycles. The van der Waals surface area contributed by atoms with E-state index in [-0.39, 0.29) is 12.8 Å². The first-order valence-corrected chi connectivity index (χ1v) is 8.88. The van der Waals surface area contributed by atoms with Crippen molar-refractivity contribution in [3.63, 3.8) is 0 Å². The van der Waals surface area contributed by atoms with E-state index in [1.165, 1.54) is 4.90 Å². The molecule has 0 radical (unpaired) electrons. The van der Waals surface area contributed by atoms with Gasteiger partial charge in [0, 0.05) is 18.0 Å². The molecule has 0 aliphatic carbocycles. The molecule has 0 spiro atoms. The third-order valence-corrected chi connectivity index (χ3v) is 4.61. The molecular weight excluding hydrogens is 324 g/mol. The third-order valence-electron chi connectivity index (χ3n) is 3.51. The van der Waals surface area contributed by atoms with Crippen molar-refractivity contribution in [3.05, 3.63) is 54.1 Å². The number of fused-ring (bicyclic) bond motifs is 1. The van der Waals surface area contributed by atoms with Gasteiger partial charge in [-0.2, -0.15) is 0 Å². The van der Waals surface area contributed by atoms with Crippen LogP contribution < -0.4 is 20.1 Å². The zero-order valence-corrected chi connectivity index (χ0v) is 14.1. The summed E-state index contributed by atoms with van der Waals surface area (Å²) in [5.41, 5.74) is 0.981. The summed E-state index contributed by atoms with van der Waals surface area (Å²) in [6.45, 7) is 1.38. The minimum absolute atomic E-state index is 0.155. The number of carbonyl (C=O) groups is 1. The standard InChI is InChI=1S/C18H20N2O3S/c21-18(19-9-4-10-24-15-5-2-1-3-6-15)20-12-14-7-8-16-17(11-14)23-13-22-16/h1-3,5-8,11H,4,9-10,12-13H2,(H2,19,20,21). The van der Waals surface area contributed by atoms with E-state index in [4.69, 9.17) is 9.47 Å². The molecule has 0 bridgehead atoms. The lowest BCUT2D eigenvalue weighted by Crippen LogP contribution is -2.35. The van der Waals surface area contributed by atoms with Gasteiger partial charge in [0.15, 0.2) is 11.5 Å². The normalized spacial score (nSPS) is 12.0. The first-order chi connectivity index (χ1) is 11.8. The van der Waals surface area contributed by atoms with Crippen molar-refractivity contribution < 1.29 is 14.3 Å². The fourth-order valence-corrected chi connectivity index (χ4v) is 3.15. The Kier molecular flexibility index (Phi) is 5.85. The van der Waals surface area contributed by atoms with Crippen molar-refractivity contribution in [3.8, 4) is 11.5 Å². The average Bonchev–Trinajstić information content (AvgIpc) is 3.08. The Morgan fingerprint density at radius 1 is 1.04 bits per heavy atom. The van der Waals surface area contributed by atoms with E-state index in [2.05, 4.69) is 22.8 Å². The number of hydrogen-bond donors (Lipinski definition) is 2. The van der Waals surface area contributed by atoms with Gasteiger partial charge >= 0.3 is 6.03 Å². The van der Waals surface area contributed by atoms with Gasteiger partial charge in [-0.05, 0) is 42.0 Å². The van der Waals surface area contributed by atoms with Gasteiger partial charge in [0.1, 0.15) is 0 Å².